The van der Waals surface area contributed by atoms with E-state index < -0.39 is 47.7 Å². The summed E-state index contributed by atoms with van der Waals surface area (Å²) in [6.07, 6.45) is -9.66. The lowest BCUT2D eigenvalue weighted by Gasteiger charge is -2.33. The van der Waals surface area contributed by atoms with E-state index >= 15 is 0 Å². The first-order valence-corrected chi connectivity index (χ1v) is 7.51. The molecular weight excluding hydrogens is 364 g/mol. The fourth-order valence-corrected chi connectivity index (χ4v) is 2.30. The van der Waals surface area contributed by atoms with Crippen molar-refractivity contribution in [3.63, 3.8) is 0 Å². The molecule has 0 aliphatic heterocycles. The standard InChI is InChI=1S/C16H17F6N3O/c1-4-24(3)14(26)10(2)25(9-15(17,18)19)12-6-5-11(8-23)13(7-12)16(20,21)22/h5-7,10H,4,9H2,1-3H3. The zero-order valence-electron chi connectivity index (χ0n) is 14.2. The Balaban J connectivity index is 3.44. The topological polar surface area (TPSA) is 47.3 Å². The van der Waals surface area contributed by atoms with Gasteiger partial charge in [0.25, 0.3) is 0 Å². The van der Waals surface area contributed by atoms with Gasteiger partial charge < -0.3 is 9.80 Å². The molecule has 1 rings (SSSR count). The summed E-state index contributed by atoms with van der Waals surface area (Å²) in [5.41, 5.74) is -2.51. The maximum atomic E-state index is 13.1. The van der Waals surface area contributed by atoms with Crippen LogP contribution in [0.5, 0.6) is 0 Å². The minimum Gasteiger partial charge on any atom is -0.351 e. The number of benzene rings is 1. The van der Waals surface area contributed by atoms with Crippen LogP contribution in [0.25, 0.3) is 0 Å². The van der Waals surface area contributed by atoms with Crippen LogP contribution in [0.1, 0.15) is 25.0 Å². The minimum atomic E-state index is -4.92. The van der Waals surface area contributed by atoms with Gasteiger partial charge in [-0.1, -0.05) is 0 Å². The van der Waals surface area contributed by atoms with Gasteiger partial charge in [0.15, 0.2) is 0 Å². The van der Waals surface area contributed by atoms with Gasteiger partial charge in [-0.05, 0) is 32.0 Å². The third kappa shape index (κ3) is 5.28. The largest absolute Gasteiger partial charge is 0.417 e. The monoisotopic (exact) mass is 381 g/mol. The Morgan fingerprint density at radius 2 is 1.81 bits per heavy atom. The number of carbonyl (C=O) groups is 1. The van der Waals surface area contributed by atoms with Gasteiger partial charge in [0.1, 0.15) is 12.6 Å². The van der Waals surface area contributed by atoms with Gasteiger partial charge in [-0.3, -0.25) is 4.79 Å². The van der Waals surface area contributed by atoms with Crippen LogP contribution in [-0.4, -0.2) is 43.2 Å². The highest BCUT2D eigenvalue weighted by Crippen LogP contribution is 2.35. The summed E-state index contributed by atoms with van der Waals surface area (Å²) in [6, 6.07) is 2.23. The number of halogens is 6. The SMILES string of the molecule is CCN(C)C(=O)C(C)N(CC(F)(F)F)c1ccc(C#N)c(C(F)(F)F)c1. The number of nitriles is 1. The molecule has 1 aromatic carbocycles. The lowest BCUT2D eigenvalue weighted by molar-refractivity contribution is -0.137. The van der Waals surface area contributed by atoms with Gasteiger partial charge in [0, 0.05) is 19.3 Å². The highest BCUT2D eigenvalue weighted by atomic mass is 19.4. The maximum absolute atomic E-state index is 13.1. The predicted molar refractivity (Wildman–Crippen MR) is 82.3 cm³/mol. The summed E-state index contributed by atoms with van der Waals surface area (Å²) in [6.45, 7) is 1.42. The Kier molecular flexibility index (Phi) is 6.52. The van der Waals surface area contributed by atoms with E-state index in [1.165, 1.54) is 24.9 Å². The molecule has 0 aliphatic carbocycles. The van der Waals surface area contributed by atoms with E-state index in [9.17, 15) is 31.1 Å². The fraction of sp³-hybridized carbons (Fsp3) is 0.500. The van der Waals surface area contributed by atoms with Crippen LogP contribution in [0.15, 0.2) is 18.2 Å². The molecule has 0 aromatic heterocycles. The highest BCUT2D eigenvalue weighted by molar-refractivity contribution is 5.85. The molecule has 0 saturated carbocycles. The van der Waals surface area contributed by atoms with Gasteiger partial charge in [-0.15, -0.1) is 0 Å². The molecule has 0 spiro atoms. The van der Waals surface area contributed by atoms with Crippen molar-refractivity contribution in [3.05, 3.63) is 29.3 Å². The number of nitrogens with zero attached hydrogens (tertiary/aromatic N) is 3. The molecule has 0 radical (unpaired) electrons. The van der Waals surface area contributed by atoms with Crippen LogP contribution in [0.4, 0.5) is 32.0 Å². The molecule has 0 N–H and O–H groups in total. The molecular formula is C16H17F6N3O. The number of carbonyl (C=O) groups excluding carboxylic acids is 1. The van der Waals surface area contributed by atoms with Gasteiger partial charge in [0.2, 0.25) is 5.91 Å². The summed E-state index contributed by atoms with van der Waals surface area (Å²) in [4.78, 5) is 13.9. The number of likely N-dealkylation sites (N-methyl/N-ethyl adjacent to an activating group) is 1. The van der Waals surface area contributed by atoms with Crippen molar-refractivity contribution in [1.29, 1.82) is 5.26 Å². The maximum Gasteiger partial charge on any atom is 0.417 e. The number of hydrogen-bond acceptors (Lipinski definition) is 3. The number of alkyl halides is 6. The molecule has 4 nitrogen and oxygen atoms in total. The average molecular weight is 381 g/mol. The second-order valence-corrected chi connectivity index (χ2v) is 5.61. The quantitative estimate of drug-likeness (QED) is 0.729. The molecule has 0 saturated heterocycles. The van der Waals surface area contributed by atoms with Gasteiger partial charge in [-0.25, -0.2) is 0 Å². The lowest BCUT2D eigenvalue weighted by atomic mass is 10.1. The average Bonchev–Trinajstić information content (AvgIpc) is 2.55. The Hall–Kier alpha value is -2.44. The smallest absolute Gasteiger partial charge is 0.351 e. The van der Waals surface area contributed by atoms with Gasteiger partial charge in [-0.2, -0.15) is 31.6 Å². The molecule has 26 heavy (non-hydrogen) atoms. The Labute approximate surface area is 146 Å². The molecule has 1 atom stereocenters. The first-order chi connectivity index (χ1) is 11.8. The zero-order valence-corrected chi connectivity index (χ0v) is 14.2. The third-order valence-corrected chi connectivity index (χ3v) is 3.79. The van der Waals surface area contributed by atoms with Gasteiger partial charge >= 0.3 is 12.4 Å². The summed E-state index contributed by atoms with van der Waals surface area (Å²) in [5.74, 6) is -0.672. The summed E-state index contributed by atoms with van der Waals surface area (Å²) in [5, 5.41) is 8.80. The van der Waals surface area contributed by atoms with Crippen molar-refractivity contribution < 1.29 is 31.1 Å². The summed E-state index contributed by atoms with van der Waals surface area (Å²) < 4.78 is 78.1. The van der Waals surface area contributed by atoms with Crippen LogP contribution >= 0.6 is 0 Å². The molecule has 1 amide bonds. The normalized spacial score (nSPS) is 13.1. The molecule has 1 aromatic rings. The van der Waals surface area contributed by atoms with Crippen molar-refractivity contribution in [2.24, 2.45) is 0 Å². The van der Waals surface area contributed by atoms with Crippen molar-refractivity contribution in [2.45, 2.75) is 32.2 Å². The van der Waals surface area contributed by atoms with Crippen LogP contribution in [0.2, 0.25) is 0 Å². The van der Waals surface area contributed by atoms with E-state index in [0.717, 1.165) is 12.1 Å². The molecule has 0 heterocycles. The first kappa shape index (κ1) is 21.6. The van der Waals surface area contributed by atoms with Crippen LogP contribution < -0.4 is 4.90 Å². The summed E-state index contributed by atoms with van der Waals surface area (Å²) in [7, 11) is 1.38. The van der Waals surface area contributed by atoms with Crippen molar-refractivity contribution >= 4 is 11.6 Å². The Morgan fingerprint density at radius 1 is 1.23 bits per heavy atom. The van der Waals surface area contributed by atoms with E-state index in [-0.39, 0.29) is 6.54 Å². The Morgan fingerprint density at radius 3 is 2.23 bits per heavy atom. The van der Waals surface area contributed by atoms with E-state index in [4.69, 9.17) is 5.26 Å². The van der Waals surface area contributed by atoms with E-state index in [2.05, 4.69) is 0 Å². The molecule has 1 unspecified atom stereocenters. The third-order valence-electron chi connectivity index (χ3n) is 3.79. The molecule has 0 fully saturated rings. The number of rotatable bonds is 5. The first-order valence-electron chi connectivity index (χ1n) is 7.51. The van der Waals surface area contributed by atoms with E-state index in [1.54, 1.807) is 6.92 Å². The van der Waals surface area contributed by atoms with Crippen LogP contribution in [-0.2, 0) is 11.0 Å². The van der Waals surface area contributed by atoms with E-state index in [0.29, 0.717) is 11.0 Å². The van der Waals surface area contributed by atoms with Crippen LogP contribution in [0.3, 0.4) is 0 Å². The molecule has 0 aliphatic rings. The number of hydrogen-bond donors (Lipinski definition) is 0. The highest BCUT2D eigenvalue weighted by Gasteiger charge is 2.38. The molecule has 10 heteroatoms. The number of anilines is 1. The fourth-order valence-electron chi connectivity index (χ4n) is 2.30. The van der Waals surface area contributed by atoms with Crippen molar-refractivity contribution in [2.75, 3.05) is 25.0 Å². The second-order valence-electron chi connectivity index (χ2n) is 5.61. The van der Waals surface area contributed by atoms with Crippen molar-refractivity contribution in [1.82, 2.24) is 4.90 Å². The lowest BCUT2D eigenvalue weighted by Crippen LogP contribution is -2.49. The van der Waals surface area contributed by atoms with Gasteiger partial charge in [0.05, 0.1) is 17.2 Å². The van der Waals surface area contributed by atoms with E-state index in [1.807, 2.05) is 0 Å². The Bertz CT molecular complexity index is 693. The minimum absolute atomic E-state index is 0.226. The zero-order chi connectivity index (χ0) is 20.3. The molecule has 0 bridgehead atoms. The second kappa shape index (κ2) is 7.85. The number of amides is 1. The molecule has 144 valence electrons. The summed E-state index contributed by atoms with van der Waals surface area (Å²) >= 11 is 0. The van der Waals surface area contributed by atoms with Crippen molar-refractivity contribution in [3.8, 4) is 6.07 Å². The van der Waals surface area contributed by atoms with Crippen LogP contribution in [0, 0.1) is 11.3 Å². The predicted octanol–water partition coefficient (Wildman–Crippen LogP) is 3.81.